The second kappa shape index (κ2) is 4.73. The molecule has 1 aromatic heterocycles. The van der Waals surface area contributed by atoms with Gasteiger partial charge in [0.1, 0.15) is 0 Å². The molecule has 0 unspecified atom stereocenters. The first-order valence-electron chi connectivity index (χ1n) is 4.60. The van der Waals surface area contributed by atoms with E-state index in [9.17, 15) is 10.1 Å². The smallest absolute Gasteiger partial charge is 0.258 e. The van der Waals surface area contributed by atoms with Gasteiger partial charge < -0.3 is 0 Å². The molecule has 0 aliphatic heterocycles. The first-order chi connectivity index (χ1) is 7.08. The Kier molecular flexibility index (Phi) is 3.79. The van der Waals surface area contributed by atoms with E-state index in [4.69, 9.17) is 0 Å². The monoisotopic (exact) mass is 330 g/mol. The number of halogens is 1. The summed E-state index contributed by atoms with van der Waals surface area (Å²) < 4.78 is 0. The van der Waals surface area contributed by atoms with Gasteiger partial charge in [-0.25, -0.2) is 0 Å². The Morgan fingerprint density at radius 2 is 1.94 bits per heavy atom. The average Bonchev–Trinajstić information content (AvgIpc) is 2.19. The number of aryl methyl sites for hydroxylation is 2. The first kappa shape index (κ1) is 12.8. The van der Waals surface area contributed by atoms with Crippen molar-refractivity contribution in [3.05, 3.63) is 45.6 Å². The topological polar surface area (TPSA) is 56.0 Å². The average molecular weight is 330 g/mol. The highest BCUT2D eigenvalue weighted by Gasteiger charge is 2.07. The van der Waals surface area contributed by atoms with Gasteiger partial charge in [-0.2, -0.15) is 0 Å². The van der Waals surface area contributed by atoms with Crippen LogP contribution in [-0.4, -0.2) is 9.91 Å². The summed E-state index contributed by atoms with van der Waals surface area (Å²) in [5.41, 5.74) is 2.90. The van der Waals surface area contributed by atoms with Crippen LogP contribution in [-0.2, 0) is 0 Å². The van der Waals surface area contributed by atoms with Crippen LogP contribution >= 0.6 is 24.0 Å². The van der Waals surface area contributed by atoms with Crippen LogP contribution in [0.1, 0.15) is 11.3 Å². The summed E-state index contributed by atoms with van der Waals surface area (Å²) >= 11 is 0. The Balaban J connectivity index is 0.00000128. The van der Waals surface area contributed by atoms with Crippen molar-refractivity contribution >= 4 is 40.6 Å². The third-order valence-corrected chi connectivity index (χ3v) is 2.45. The molecule has 0 bridgehead atoms. The summed E-state index contributed by atoms with van der Waals surface area (Å²) in [5, 5.41) is 11.4. The van der Waals surface area contributed by atoms with Crippen LogP contribution in [0.25, 0.3) is 10.9 Å². The van der Waals surface area contributed by atoms with E-state index in [1.807, 2.05) is 19.9 Å². The number of aromatic nitrogens is 1. The Morgan fingerprint density at radius 3 is 2.56 bits per heavy atom. The number of non-ortho nitro benzene ring substituents is 1. The quantitative estimate of drug-likeness (QED) is 0.458. The number of nitro groups is 1. The molecule has 1 heterocycles. The Morgan fingerprint density at radius 1 is 1.25 bits per heavy atom. The molecule has 0 saturated heterocycles. The van der Waals surface area contributed by atoms with Gasteiger partial charge in [0.2, 0.25) is 0 Å². The van der Waals surface area contributed by atoms with Gasteiger partial charge in [0.05, 0.1) is 10.4 Å². The van der Waals surface area contributed by atoms with Crippen LogP contribution in [0, 0.1) is 24.0 Å². The maximum absolute atomic E-state index is 10.6. The van der Waals surface area contributed by atoms with Crippen LogP contribution in [0.5, 0.6) is 0 Å². The minimum Gasteiger partial charge on any atom is -0.258 e. The molecule has 2 rings (SSSR count). The number of fused-ring (bicyclic) bond motifs is 1. The van der Waals surface area contributed by atoms with E-state index in [-0.39, 0.29) is 29.7 Å². The minimum atomic E-state index is -0.394. The molecule has 0 N–H and O–H groups in total. The van der Waals surface area contributed by atoms with Crippen molar-refractivity contribution in [1.82, 2.24) is 4.98 Å². The largest absolute Gasteiger partial charge is 0.270 e. The van der Waals surface area contributed by atoms with Crippen molar-refractivity contribution in [3.63, 3.8) is 0 Å². The Bertz CT molecular complexity index is 555. The predicted molar refractivity (Wildman–Crippen MR) is 73.3 cm³/mol. The molecule has 2 aromatic rings. The molecule has 84 valence electrons. The van der Waals surface area contributed by atoms with Crippen LogP contribution in [0.3, 0.4) is 0 Å². The molecule has 4 nitrogen and oxygen atoms in total. The zero-order valence-electron chi connectivity index (χ0n) is 8.93. The van der Waals surface area contributed by atoms with Gasteiger partial charge in [0, 0.05) is 23.2 Å². The third-order valence-electron chi connectivity index (χ3n) is 2.45. The summed E-state index contributed by atoms with van der Waals surface area (Å²) in [7, 11) is 0. The number of rotatable bonds is 1. The van der Waals surface area contributed by atoms with E-state index >= 15 is 0 Å². The molecule has 16 heavy (non-hydrogen) atoms. The van der Waals surface area contributed by atoms with Crippen LogP contribution in [0.15, 0.2) is 24.3 Å². The number of benzene rings is 1. The van der Waals surface area contributed by atoms with Crippen LogP contribution in [0.4, 0.5) is 5.69 Å². The molecule has 0 radical (unpaired) electrons. The Hall–Kier alpha value is -1.24. The summed E-state index contributed by atoms with van der Waals surface area (Å²) in [5.74, 6) is 0. The molecule has 0 aliphatic carbocycles. The van der Waals surface area contributed by atoms with Crippen LogP contribution in [0.2, 0.25) is 0 Å². The maximum atomic E-state index is 10.6. The first-order valence-corrected chi connectivity index (χ1v) is 4.60. The number of hydrogen-bond donors (Lipinski definition) is 0. The van der Waals surface area contributed by atoms with Gasteiger partial charge in [-0.05, 0) is 31.5 Å². The van der Waals surface area contributed by atoms with Crippen LogP contribution < -0.4 is 0 Å². The number of nitrogens with zero attached hydrogens (tertiary/aromatic N) is 2. The lowest BCUT2D eigenvalue weighted by atomic mass is 10.1. The van der Waals surface area contributed by atoms with Crippen molar-refractivity contribution in [2.24, 2.45) is 0 Å². The lowest BCUT2D eigenvalue weighted by Crippen LogP contribution is -1.91. The maximum Gasteiger partial charge on any atom is 0.270 e. The zero-order valence-corrected chi connectivity index (χ0v) is 11.3. The summed E-state index contributed by atoms with van der Waals surface area (Å²) in [6.07, 6.45) is 0. The second-order valence-corrected chi connectivity index (χ2v) is 3.52. The summed E-state index contributed by atoms with van der Waals surface area (Å²) in [6.45, 7) is 3.87. The normalized spacial score (nSPS) is 9.88. The van der Waals surface area contributed by atoms with Gasteiger partial charge in [-0.3, -0.25) is 15.1 Å². The van der Waals surface area contributed by atoms with Crippen molar-refractivity contribution in [2.75, 3.05) is 0 Å². The molecule has 5 heteroatoms. The number of pyridine rings is 1. The molecular formula is C11H11IN2O2. The van der Waals surface area contributed by atoms with Gasteiger partial charge in [0.25, 0.3) is 5.69 Å². The van der Waals surface area contributed by atoms with Gasteiger partial charge in [-0.15, -0.1) is 24.0 Å². The standard InChI is InChI=1S/C11H10N2O2.HI/c1-7-5-9-6-10(13(14)15)3-4-11(9)12-8(7)2;/h3-6H,1-2H3;1H. The predicted octanol–water partition coefficient (Wildman–Crippen LogP) is 3.38. The minimum absolute atomic E-state index is 0. The highest BCUT2D eigenvalue weighted by Crippen LogP contribution is 2.21. The second-order valence-electron chi connectivity index (χ2n) is 3.52. The molecular weight excluding hydrogens is 319 g/mol. The fourth-order valence-corrected chi connectivity index (χ4v) is 1.48. The molecule has 0 atom stereocenters. The van der Waals surface area contributed by atoms with E-state index in [1.54, 1.807) is 12.1 Å². The van der Waals surface area contributed by atoms with Gasteiger partial charge in [-0.1, -0.05) is 0 Å². The van der Waals surface area contributed by atoms with E-state index in [0.29, 0.717) is 0 Å². The van der Waals surface area contributed by atoms with E-state index < -0.39 is 4.92 Å². The molecule has 0 amide bonds. The van der Waals surface area contributed by atoms with Crippen molar-refractivity contribution in [1.29, 1.82) is 0 Å². The SMILES string of the molecule is Cc1cc2cc([N+](=O)[O-])ccc2nc1C.I. The zero-order chi connectivity index (χ0) is 11.0. The highest BCUT2D eigenvalue weighted by atomic mass is 127. The van der Waals surface area contributed by atoms with Crippen molar-refractivity contribution in [3.8, 4) is 0 Å². The molecule has 1 aromatic carbocycles. The Labute approximate surface area is 110 Å². The lowest BCUT2D eigenvalue weighted by Gasteiger charge is -2.02. The molecule has 0 fully saturated rings. The van der Waals surface area contributed by atoms with Crippen molar-refractivity contribution in [2.45, 2.75) is 13.8 Å². The molecule has 0 spiro atoms. The van der Waals surface area contributed by atoms with Crippen molar-refractivity contribution < 1.29 is 4.92 Å². The fraction of sp³-hybridized carbons (Fsp3) is 0.182. The highest BCUT2D eigenvalue weighted by molar-refractivity contribution is 14.0. The number of nitro benzene ring substituents is 1. The molecule has 0 saturated carbocycles. The van der Waals surface area contributed by atoms with E-state index in [0.717, 1.165) is 22.2 Å². The van der Waals surface area contributed by atoms with Gasteiger partial charge >= 0.3 is 0 Å². The summed E-state index contributed by atoms with van der Waals surface area (Å²) in [6, 6.07) is 6.63. The molecule has 0 aliphatic rings. The summed E-state index contributed by atoms with van der Waals surface area (Å²) in [4.78, 5) is 14.5. The number of hydrogen-bond acceptors (Lipinski definition) is 3. The van der Waals surface area contributed by atoms with E-state index in [1.165, 1.54) is 6.07 Å². The third kappa shape index (κ3) is 2.29. The fourth-order valence-electron chi connectivity index (χ4n) is 1.48. The van der Waals surface area contributed by atoms with E-state index in [2.05, 4.69) is 4.98 Å². The van der Waals surface area contributed by atoms with Gasteiger partial charge in [0.15, 0.2) is 0 Å². The lowest BCUT2D eigenvalue weighted by molar-refractivity contribution is -0.384.